The minimum atomic E-state index is 0.0694. The molecule has 4 nitrogen and oxygen atoms in total. The number of hydrogen-bond acceptors (Lipinski definition) is 4. The zero-order valence-electron chi connectivity index (χ0n) is 15.1. The molecule has 1 N–H and O–H groups in total. The van der Waals surface area contributed by atoms with Crippen LogP contribution in [-0.2, 0) is 6.54 Å². The molecule has 0 saturated carbocycles. The average molecular weight is 365 g/mol. The first-order valence-corrected chi connectivity index (χ1v) is 9.51. The first-order valence-electron chi connectivity index (χ1n) is 9.13. The zero-order chi connectivity index (χ0) is 17.9. The van der Waals surface area contributed by atoms with Crippen molar-refractivity contribution in [1.29, 1.82) is 0 Å². The van der Waals surface area contributed by atoms with Crippen molar-refractivity contribution in [1.82, 2.24) is 9.80 Å². The van der Waals surface area contributed by atoms with E-state index in [1.807, 2.05) is 18.2 Å². The summed E-state index contributed by atoms with van der Waals surface area (Å²) < 4.78 is 5.80. The lowest BCUT2D eigenvalue weighted by Gasteiger charge is -2.53. The van der Waals surface area contributed by atoms with Gasteiger partial charge in [-0.3, -0.25) is 4.90 Å². The van der Waals surface area contributed by atoms with Gasteiger partial charge in [0.15, 0.2) is 0 Å². The number of nitrogens with zero attached hydrogens (tertiary/aromatic N) is 2. The average Bonchev–Trinajstić information content (AvgIpc) is 2.62. The van der Waals surface area contributed by atoms with Gasteiger partial charge in [-0.05, 0) is 57.6 Å². The van der Waals surface area contributed by atoms with Crippen LogP contribution in [0.15, 0.2) is 30.9 Å². The van der Waals surface area contributed by atoms with Crippen molar-refractivity contribution in [3.63, 3.8) is 0 Å². The van der Waals surface area contributed by atoms with Crippen LogP contribution < -0.4 is 4.74 Å². The van der Waals surface area contributed by atoms with Gasteiger partial charge in [0.1, 0.15) is 12.4 Å². The number of piperidine rings is 2. The molecule has 2 aliphatic rings. The Morgan fingerprint density at radius 1 is 1.40 bits per heavy atom. The second-order valence-corrected chi connectivity index (χ2v) is 7.89. The van der Waals surface area contributed by atoms with Gasteiger partial charge in [-0.1, -0.05) is 24.3 Å². The Bertz CT molecular complexity index is 609. The van der Waals surface area contributed by atoms with E-state index >= 15 is 0 Å². The molecule has 0 aliphatic carbocycles. The van der Waals surface area contributed by atoms with E-state index in [1.165, 1.54) is 6.42 Å². The second kappa shape index (κ2) is 8.09. The molecule has 1 aromatic carbocycles. The minimum absolute atomic E-state index is 0.0694. The maximum Gasteiger partial charge on any atom is 0.124 e. The Labute approximate surface area is 156 Å². The third-order valence-electron chi connectivity index (χ3n) is 5.87. The van der Waals surface area contributed by atoms with E-state index in [4.69, 9.17) is 16.3 Å². The summed E-state index contributed by atoms with van der Waals surface area (Å²) in [6, 6.07) is 6.22. The number of likely N-dealkylation sites (N-methyl/N-ethyl adjacent to an activating group) is 1. The van der Waals surface area contributed by atoms with E-state index in [2.05, 4.69) is 23.4 Å². The maximum absolute atomic E-state index is 10.1. The highest BCUT2D eigenvalue weighted by Gasteiger charge is 2.46. The fraction of sp³-hybridized carbons (Fsp3) is 0.600. The normalized spacial score (nSPS) is 27.7. The van der Waals surface area contributed by atoms with Crippen LogP contribution in [0.3, 0.4) is 0 Å². The fourth-order valence-corrected chi connectivity index (χ4v) is 4.62. The number of benzene rings is 1. The number of aliphatic hydroxyl groups excluding tert-OH is 1. The predicted octanol–water partition coefficient (Wildman–Crippen LogP) is 3.18. The molecule has 0 radical (unpaired) electrons. The summed E-state index contributed by atoms with van der Waals surface area (Å²) in [5.41, 5.74) is 1.18. The molecular weight excluding hydrogens is 336 g/mol. The number of likely N-dealkylation sites (tertiary alicyclic amines) is 2. The Morgan fingerprint density at radius 2 is 2.24 bits per heavy atom. The van der Waals surface area contributed by atoms with Crippen LogP contribution in [0.1, 0.15) is 24.8 Å². The molecule has 0 unspecified atom stereocenters. The molecule has 3 rings (SSSR count). The number of aliphatic hydroxyl groups is 1. The zero-order valence-corrected chi connectivity index (χ0v) is 15.8. The molecule has 2 saturated heterocycles. The van der Waals surface area contributed by atoms with Crippen molar-refractivity contribution in [2.24, 2.45) is 5.41 Å². The lowest BCUT2D eigenvalue weighted by Crippen LogP contribution is -2.61. The van der Waals surface area contributed by atoms with Crippen molar-refractivity contribution < 1.29 is 9.84 Å². The standard InChI is InChI=1S/C20H29ClN2O2/c1-3-11-25-18-6-5-17(21)12-16(18)13-23-10-8-20(15-24)7-4-9-22(2)19(20)14-23/h3,5-6,12,19,24H,1,4,7-11,13-15H2,2H3/t19-,20-/m1/s1. The fourth-order valence-electron chi connectivity index (χ4n) is 4.42. The molecule has 2 fully saturated rings. The molecule has 0 amide bonds. The van der Waals surface area contributed by atoms with Gasteiger partial charge in [-0.25, -0.2) is 0 Å². The largest absolute Gasteiger partial charge is 0.489 e. The van der Waals surface area contributed by atoms with Crippen LogP contribution in [0.2, 0.25) is 5.02 Å². The van der Waals surface area contributed by atoms with Crippen molar-refractivity contribution in [2.75, 3.05) is 39.9 Å². The van der Waals surface area contributed by atoms with Gasteiger partial charge < -0.3 is 14.7 Å². The minimum Gasteiger partial charge on any atom is -0.489 e. The van der Waals surface area contributed by atoms with E-state index in [-0.39, 0.29) is 5.41 Å². The molecule has 2 heterocycles. The molecule has 0 spiro atoms. The molecular formula is C20H29ClN2O2. The quantitative estimate of drug-likeness (QED) is 0.786. The van der Waals surface area contributed by atoms with Crippen LogP contribution in [-0.4, -0.2) is 60.8 Å². The highest BCUT2D eigenvalue weighted by atomic mass is 35.5. The van der Waals surface area contributed by atoms with Crippen LogP contribution in [0, 0.1) is 5.41 Å². The molecule has 0 bridgehead atoms. The molecule has 0 aromatic heterocycles. The third kappa shape index (κ3) is 4.03. The van der Waals surface area contributed by atoms with Crippen molar-refractivity contribution in [3.8, 4) is 5.75 Å². The summed E-state index contributed by atoms with van der Waals surface area (Å²) in [7, 11) is 2.19. The number of rotatable bonds is 6. The van der Waals surface area contributed by atoms with Gasteiger partial charge in [0.05, 0.1) is 6.61 Å². The van der Waals surface area contributed by atoms with Crippen molar-refractivity contribution in [3.05, 3.63) is 41.4 Å². The van der Waals surface area contributed by atoms with Gasteiger partial charge in [0.25, 0.3) is 0 Å². The molecule has 1 aromatic rings. The molecule has 25 heavy (non-hydrogen) atoms. The van der Waals surface area contributed by atoms with Gasteiger partial charge in [-0.15, -0.1) is 0 Å². The Balaban J connectivity index is 1.74. The second-order valence-electron chi connectivity index (χ2n) is 7.46. The third-order valence-corrected chi connectivity index (χ3v) is 6.10. The van der Waals surface area contributed by atoms with Crippen LogP contribution in [0.4, 0.5) is 0 Å². The Kier molecular flexibility index (Phi) is 6.05. The van der Waals surface area contributed by atoms with Gasteiger partial charge >= 0.3 is 0 Å². The first kappa shape index (κ1) is 18.7. The lowest BCUT2D eigenvalue weighted by atomic mass is 9.69. The predicted molar refractivity (Wildman–Crippen MR) is 102 cm³/mol. The van der Waals surface area contributed by atoms with E-state index in [9.17, 15) is 5.11 Å². The molecule has 138 valence electrons. The molecule has 5 heteroatoms. The highest BCUT2D eigenvalue weighted by Crippen LogP contribution is 2.42. The summed E-state index contributed by atoms with van der Waals surface area (Å²) in [5.74, 6) is 0.875. The molecule has 2 aliphatic heterocycles. The highest BCUT2D eigenvalue weighted by molar-refractivity contribution is 6.30. The van der Waals surface area contributed by atoms with E-state index in [0.29, 0.717) is 19.3 Å². The lowest BCUT2D eigenvalue weighted by molar-refractivity contribution is -0.0685. The number of halogens is 1. The number of hydrogen-bond donors (Lipinski definition) is 1. The summed E-state index contributed by atoms with van der Waals surface area (Å²) in [5, 5.41) is 10.8. The van der Waals surface area contributed by atoms with Crippen LogP contribution in [0.5, 0.6) is 5.75 Å². The SMILES string of the molecule is C=CCOc1ccc(Cl)cc1CN1CC[C@@]2(CO)CCCN(C)[C@@H]2C1. The van der Waals surface area contributed by atoms with E-state index < -0.39 is 0 Å². The van der Waals surface area contributed by atoms with E-state index in [1.54, 1.807) is 6.08 Å². The maximum atomic E-state index is 10.1. The summed E-state index contributed by atoms with van der Waals surface area (Å²) in [4.78, 5) is 4.89. The molecule has 2 atom stereocenters. The topological polar surface area (TPSA) is 35.9 Å². The summed E-state index contributed by atoms with van der Waals surface area (Å²) in [6.07, 6.45) is 5.12. The van der Waals surface area contributed by atoms with Gasteiger partial charge in [0.2, 0.25) is 0 Å². The Morgan fingerprint density at radius 3 is 3.00 bits per heavy atom. The number of fused-ring (bicyclic) bond motifs is 1. The Hall–Kier alpha value is -1.07. The van der Waals surface area contributed by atoms with Crippen molar-refractivity contribution in [2.45, 2.75) is 31.8 Å². The van der Waals surface area contributed by atoms with Crippen LogP contribution >= 0.6 is 11.6 Å². The van der Waals surface area contributed by atoms with Crippen molar-refractivity contribution >= 4 is 11.6 Å². The number of ether oxygens (including phenoxy) is 1. The summed E-state index contributed by atoms with van der Waals surface area (Å²) >= 11 is 6.21. The summed E-state index contributed by atoms with van der Waals surface area (Å²) in [6.45, 7) is 8.41. The monoisotopic (exact) mass is 364 g/mol. The van der Waals surface area contributed by atoms with E-state index in [0.717, 1.165) is 55.4 Å². The van der Waals surface area contributed by atoms with Crippen LogP contribution in [0.25, 0.3) is 0 Å². The van der Waals surface area contributed by atoms with Gasteiger partial charge in [-0.2, -0.15) is 0 Å². The smallest absolute Gasteiger partial charge is 0.124 e. The van der Waals surface area contributed by atoms with Gasteiger partial charge in [0, 0.05) is 35.1 Å². The first-order chi connectivity index (χ1) is 12.1.